The Morgan fingerprint density at radius 1 is 0.952 bits per heavy atom. The Labute approximate surface area is 246 Å². The SMILES string of the molecule is COC(=O)c1cc(Cc2cccs2)n([C@@H]2[C@H]3OC(C)(C)O[C@H]3O[C@@H]2C(=O)N[C@@H]2[C@H]3OC(C)(C)O[C@H]3O[C@@H]2C(=O)OC)c1. The van der Waals surface area contributed by atoms with Gasteiger partial charge in [-0.25, -0.2) is 9.59 Å². The zero-order valence-corrected chi connectivity index (χ0v) is 24.9. The van der Waals surface area contributed by atoms with Crippen molar-refractivity contribution >= 4 is 29.2 Å². The van der Waals surface area contributed by atoms with Gasteiger partial charge in [0.2, 0.25) is 0 Å². The summed E-state index contributed by atoms with van der Waals surface area (Å²) in [5, 5.41) is 4.87. The topological polar surface area (TPSA) is 142 Å². The molecule has 0 aliphatic carbocycles. The van der Waals surface area contributed by atoms with Crippen molar-refractivity contribution in [2.45, 2.75) is 94.8 Å². The molecule has 6 rings (SSSR count). The number of thiophene rings is 1. The molecule has 0 radical (unpaired) electrons. The molecule has 14 heteroatoms. The molecular weight excluding hydrogens is 572 g/mol. The number of carbonyl (C=O) groups excluding carboxylic acids is 3. The number of hydrogen-bond donors (Lipinski definition) is 1. The monoisotopic (exact) mass is 606 g/mol. The molecule has 0 saturated carbocycles. The van der Waals surface area contributed by atoms with Crippen LogP contribution in [0, 0.1) is 0 Å². The quantitative estimate of drug-likeness (QED) is 0.462. The molecule has 0 aromatic carbocycles. The fourth-order valence-corrected chi connectivity index (χ4v) is 6.73. The molecule has 0 spiro atoms. The standard InChI is InChI=1S/C28H34N2O11S/c1-27(2)38-19-16(18(24(33)35-6)36-25(19)40-27)29-22(31)20-17(21-26(37-20)41-28(3,4)39-21)30-12-13(23(32)34-5)10-14(30)11-15-8-7-9-42-15/h7-10,12,16-21,25-26H,11H2,1-6H3,(H,29,31)/t16-,17-,18-,19+,20-,21+,25+,26+/m0/s1. The Morgan fingerprint density at radius 2 is 1.62 bits per heavy atom. The van der Waals surface area contributed by atoms with Crippen LogP contribution in [0.1, 0.15) is 54.7 Å². The Hall–Kier alpha value is -2.85. The minimum atomic E-state index is -1.16. The number of nitrogens with one attached hydrogen (secondary N) is 1. The summed E-state index contributed by atoms with van der Waals surface area (Å²) in [5.41, 5.74) is 1.07. The zero-order valence-electron chi connectivity index (χ0n) is 24.1. The van der Waals surface area contributed by atoms with Crippen LogP contribution in [0.4, 0.5) is 0 Å². The van der Waals surface area contributed by atoms with E-state index in [1.807, 2.05) is 22.1 Å². The number of aromatic nitrogens is 1. The normalized spacial score (nSPS) is 34.1. The second-order valence-electron chi connectivity index (χ2n) is 11.5. The van der Waals surface area contributed by atoms with Gasteiger partial charge in [0, 0.05) is 23.2 Å². The van der Waals surface area contributed by atoms with Gasteiger partial charge in [-0.2, -0.15) is 0 Å². The second kappa shape index (κ2) is 10.7. The van der Waals surface area contributed by atoms with E-state index in [9.17, 15) is 14.4 Å². The maximum atomic E-state index is 14.1. The van der Waals surface area contributed by atoms with E-state index in [-0.39, 0.29) is 0 Å². The lowest BCUT2D eigenvalue weighted by Crippen LogP contribution is -2.54. The number of rotatable bonds is 7. The maximum absolute atomic E-state index is 14.1. The fraction of sp³-hybridized carbons (Fsp3) is 0.607. The first-order valence-electron chi connectivity index (χ1n) is 13.6. The number of ether oxygens (including phenoxy) is 8. The first kappa shape index (κ1) is 29.2. The van der Waals surface area contributed by atoms with E-state index in [0.717, 1.165) is 10.6 Å². The number of methoxy groups -OCH3 is 2. The third-order valence-electron chi connectivity index (χ3n) is 7.68. The maximum Gasteiger partial charge on any atom is 0.339 e. The van der Waals surface area contributed by atoms with Crippen molar-refractivity contribution in [3.05, 3.63) is 45.9 Å². The number of esters is 2. The van der Waals surface area contributed by atoms with E-state index in [2.05, 4.69) is 5.32 Å². The Morgan fingerprint density at radius 3 is 2.26 bits per heavy atom. The van der Waals surface area contributed by atoms with E-state index in [0.29, 0.717) is 12.0 Å². The highest BCUT2D eigenvalue weighted by Gasteiger charge is 2.61. The van der Waals surface area contributed by atoms with Crippen molar-refractivity contribution in [2.75, 3.05) is 14.2 Å². The fourth-order valence-electron chi connectivity index (χ4n) is 6.01. The van der Waals surface area contributed by atoms with E-state index < -0.39 is 78.5 Å². The first-order valence-corrected chi connectivity index (χ1v) is 14.5. The molecule has 6 heterocycles. The minimum absolute atomic E-state index is 0.321. The summed E-state index contributed by atoms with van der Waals surface area (Å²) in [6.07, 6.45) is -3.38. The van der Waals surface area contributed by atoms with Crippen LogP contribution in [-0.2, 0) is 53.9 Å². The Bertz CT molecular complexity index is 1360. The highest BCUT2D eigenvalue weighted by Crippen LogP contribution is 2.45. The molecule has 2 aromatic heterocycles. The van der Waals surface area contributed by atoms with Gasteiger partial charge < -0.3 is 47.8 Å². The van der Waals surface area contributed by atoms with Crippen LogP contribution in [0.5, 0.6) is 0 Å². The predicted octanol–water partition coefficient (Wildman–Crippen LogP) is 1.88. The van der Waals surface area contributed by atoms with Gasteiger partial charge >= 0.3 is 11.9 Å². The van der Waals surface area contributed by atoms with E-state index >= 15 is 0 Å². The molecule has 4 fully saturated rings. The molecule has 42 heavy (non-hydrogen) atoms. The van der Waals surface area contributed by atoms with Gasteiger partial charge in [0.25, 0.3) is 5.91 Å². The average Bonchev–Trinajstić information content (AvgIpc) is 3.76. The third kappa shape index (κ3) is 5.25. The van der Waals surface area contributed by atoms with Crippen molar-refractivity contribution < 1.29 is 52.3 Å². The van der Waals surface area contributed by atoms with Crippen LogP contribution >= 0.6 is 11.3 Å². The lowest BCUT2D eigenvalue weighted by atomic mass is 10.0. The van der Waals surface area contributed by atoms with Gasteiger partial charge in [0.05, 0.1) is 25.8 Å². The second-order valence-corrected chi connectivity index (χ2v) is 12.5. The van der Waals surface area contributed by atoms with Crippen molar-refractivity contribution in [3.63, 3.8) is 0 Å². The van der Waals surface area contributed by atoms with Gasteiger partial charge in [0.1, 0.15) is 18.2 Å². The average molecular weight is 607 g/mol. The predicted molar refractivity (Wildman–Crippen MR) is 143 cm³/mol. The number of fused-ring (bicyclic) bond motifs is 2. The van der Waals surface area contributed by atoms with Gasteiger partial charge in [-0.1, -0.05) is 6.07 Å². The van der Waals surface area contributed by atoms with Crippen molar-refractivity contribution in [1.29, 1.82) is 0 Å². The van der Waals surface area contributed by atoms with Gasteiger partial charge in [0.15, 0.2) is 36.4 Å². The number of hydrogen-bond acceptors (Lipinski definition) is 12. The molecule has 13 nitrogen and oxygen atoms in total. The molecule has 4 aliphatic rings. The largest absolute Gasteiger partial charge is 0.467 e. The van der Waals surface area contributed by atoms with E-state index in [4.69, 9.17) is 37.9 Å². The summed E-state index contributed by atoms with van der Waals surface area (Å²) in [6.45, 7) is 6.96. The third-order valence-corrected chi connectivity index (χ3v) is 8.55. The van der Waals surface area contributed by atoms with E-state index in [1.165, 1.54) is 14.2 Å². The summed E-state index contributed by atoms with van der Waals surface area (Å²) >= 11 is 1.57. The lowest BCUT2D eigenvalue weighted by molar-refractivity contribution is -0.215. The molecule has 0 bridgehead atoms. The van der Waals surface area contributed by atoms with Gasteiger partial charge in [-0.05, 0) is 45.2 Å². The highest BCUT2D eigenvalue weighted by atomic mass is 32.1. The van der Waals surface area contributed by atoms with Gasteiger partial charge in [-0.15, -0.1) is 11.3 Å². The number of amides is 1. The van der Waals surface area contributed by atoms with Crippen LogP contribution in [-0.4, -0.2) is 91.2 Å². The van der Waals surface area contributed by atoms with Crippen LogP contribution in [0.25, 0.3) is 0 Å². The Balaban J connectivity index is 1.34. The molecule has 228 valence electrons. The van der Waals surface area contributed by atoms with E-state index in [1.54, 1.807) is 51.3 Å². The Kier molecular flexibility index (Phi) is 7.45. The van der Waals surface area contributed by atoms with Crippen molar-refractivity contribution in [3.8, 4) is 0 Å². The van der Waals surface area contributed by atoms with Crippen LogP contribution < -0.4 is 5.32 Å². The molecule has 4 saturated heterocycles. The summed E-state index contributed by atoms with van der Waals surface area (Å²) in [5.74, 6) is -3.70. The van der Waals surface area contributed by atoms with Crippen molar-refractivity contribution in [1.82, 2.24) is 9.88 Å². The molecule has 8 atom stereocenters. The summed E-state index contributed by atoms with van der Waals surface area (Å²) in [4.78, 5) is 40.3. The minimum Gasteiger partial charge on any atom is -0.467 e. The molecule has 0 unspecified atom stereocenters. The number of carbonyl (C=O) groups is 3. The van der Waals surface area contributed by atoms with Crippen molar-refractivity contribution in [2.24, 2.45) is 0 Å². The lowest BCUT2D eigenvalue weighted by Gasteiger charge is -2.30. The zero-order chi connectivity index (χ0) is 30.0. The smallest absolute Gasteiger partial charge is 0.339 e. The molecular formula is C28H34N2O11S. The number of nitrogens with zero attached hydrogens (tertiary/aromatic N) is 1. The molecule has 2 aromatic rings. The first-order chi connectivity index (χ1) is 19.9. The summed E-state index contributed by atoms with van der Waals surface area (Å²) in [6, 6.07) is 4.01. The highest BCUT2D eigenvalue weighted by molar-refractivity contribution is 7.09. The summed E-state index contributed by atoms with van der Waals surface area (Å²) in [7, 11) is 2.54. The van der Waals surface area contributed by atoms with Crippen LogP contribution in [0.2, 0.25) is 0 Å². The van der Waals surface area contributed by atoms with Crippen LogP contribution in [0.3, 0.4) is 0 Å². The summed E-state index contributed by atoms with van der Waals surface area (Å²) < 4.78 is 47.8. The molecule has 1 amide bonds. The van der Waals surface area contributed by atoms with Crippen LogP contribution in [0.15, 0.2) is 29.8 Å². The molecule has 1 N–H and O–H groups in total. The molecule has 4 aliphatic heterocycles. The van der Waals surface area contributed by atoms with Gasteiger partial charge in [-0.3, -0.25) is 4.79 Å².